The Morgan fingerprint density at radius 3 is 2.24 bits per heavy atom. The van der Waals surface area contributed by atoms with Gasteiger partial charge < -0.3 is 10.2 Å². The van der Waals surface area contributed by atoms with E-state index in [0.29, 0.717) is 37.8 Å². The predicted octanol–water partition coefficient (Wildman–Crippen LogP) is 2.05. The van der Waals surface area contributed by atoms with Gasteiger partial charge in [0.05, 0.1) is 16.6 Å². The number of anilines is 1. The Morgan fingerprint density at radius 1 is 1.00 bits per heavy atom. The SMILES string of the molecule is CC(C(=O)NC1CC1)N1CCN(C(=O)c2ccc(S(=O)(=O)Nc3ccccc3F)cc2)CC1. The molecule has 0 aromatic heterocycles. The summed E-state index contributed by atoms with van der Waals surface area (Å²) in [6.07, 6.45) is 2.08. The molecule has 4 rings (SSSR count). The van der Waals surface area contributed by atoms with Gasteiger partial charge in [-0.15, -0.1) is 0 Å². The number of hydrogen-bond acceptors (Lipinski definition) is 5. The maximum Gasteiger partial charge on any atom is 0.261 e. The van der Waals surface area contributed by atoms with Crippen molar-refractivity contribution in [2.75, 3.05) is 30.9 Å². The zero-order chi connectivity index (χ0) is 23.6. The highest BCUT2D eigenvalue weighted by atomic mass is 32.2. The van der Waals surface area contributed by atoms with Crippen LogP contribution >= 0.6 is 0 Å². The first-order chi connectivity index (χ1) is 15.7. The van der Waals surface area contributed by atoms with Crippen LogP contribution in [0, 0.1) is 5.82 Å². The molecule has 1 aliphatic carbocycles. The molecular weight excluding hydrogens is 447 g/mol. The number of carbonyl (C=O) groups is 2. The lowest BCUT2D eigenvalue weighted by atomic mass is 10.1. The van der Waals surface area contributed by atoms with Gasteiger partial charge in [-0.05, 0) is 56.2 Å². The average molecular weight is 475 g/mol. The van der Waals surface area contributed by atoms with Crippen LogP contribution in [0.4, 0.5) is 10.1 Å². The molecule has 176 valence electrons. The van der Waals surface area contributed by atoms with Crippen molar-refractivity contribution in [1.29, 1.82) is 0 Å². The van der Waals surface area contributed by atoms with Crippen molar-refractivity contribution >= 4 is 27.5 Å². The molecule has 1 saturated carbocycles. The Kier molecular flexibility index (Phi) is 6.66. The zero-order valence-electron chi connectivity index (χ0n) is 18.3. The Morgan fingerprint density at radius 2 is 1.64 bits per heavy atom. The summed E-state index contributed by atoms with van der Waals surface area (Å²) in [7, 11) is -3.99. The number of amides is 2. The first-order valence-corrected chi connectivity index (χ1v) is 12.4. The molecule has 2 N–H and O–H groups in total. The van der Waals surface area contributed by atoms with Crippen molar-refractivity contribution in [2.45, 2.75) is 36.7 Å². The topological polar surface area (TPSA) is 98.8 Å². The van der Waals surface area contributed by atoms with E-state index in [1.165, 1.54) is 48.5 Å². The van der Waals surface area contributed by atoms with E-state index in [4.69, 9.17) is 0 Å². The summed E-state index contributed by atoms with van der Waals surface area (Å²) in [6.45, 7) is 4.02. The molecule has 1 heterocycles. The van der Waals surface area contributed by atoms with E-state index in [0.717, 1.165) is 12.8 Å². The van der Waals surface area contributed by atoms with Crippen LogP contribution in [0.25, 0.3) is 0 Å². The van der Waals surface area contributed by atoms with E-state index in [1.807, 2.05) is 6.92 Å². The lowest BCUT2D eigenvalue weighted by molar-refractivity contribution is -0.126. The van der Waals surface area contributed by atoms with Crippen molar-refractivity contribution in [1.82, 2.24) is 15.1 Å². The summed E-state index contributed by atoms with van der Waals surface area (Å²) in [6, 6.07) is 11.1. The molecule has 0 bridgehead atoms. The molecule has 2 fully saturated rings. The van der Waals surface area contributed by atoms with E-state index >= 15 is 0 Å². The highest BCUT2D eigenvalue weighted by Crippen LogP contribution is 2.21. The second-order valence-corrected chi connectivity index (χ2v) is 10.1. The van der Waals surface area contributed by atoms with Crippen LogP contribution in [-0.4, -0.2) is 68.3 Å². The number of benzene rings is 2. The number of para-hydroxylation sites is 1. The molecule has 8 nitrogen and oxygen atoms in total. The number of hydrogen-bond donors (Lipinski definition) is 2. The third kappa shape index (κ3) is 5.51. The smallest absolute Gasteiger partial charge is 0.261 e. The molecule has 1 atom stereocenters. The number of rotatable bonds is 7. The van der Waals surface area contributed by atoms with Gasteiger partial charge in [0.25, 0.3) is 15.9 Å². The summed E-state index contributed by atoms with van der Waals surface area (Å²) in [5.74, 6) is -0.847. The van der Waals surface area contributed by atoms with Crippen LogP contribution in [0.2, 0.25) is 0 Å². The second kappa shape index (κ2) is 9.48. The molecule has 10 heteroatoms. The molecule has 0 radical (unpaired) electrons. The van der Waals surface area contributed by atoms with Crippen LogP contribution < -0.4 is 10.0 Å². The lowest BCUT2D eigenvalue weighted by Gasteiger charge is -2.37. The van der Waals surface area contributed by atoms with E-state index in [2.05, 4.69) is 14.9 Å². The summed E-state index contributed by atoms with van der Waals surface area (Å²) >= 11 is 0. The number of piperazine rings is 1. The van der Waals surface area contributed by atoms with Crippen molar-refractivity contribution in [3.63, 3.8) is 0 Å². The highest BCUT2D eigenvalue weighted by molar-refractivity contribution is 7.92. The molecule has 2 aliphatic rings. The van der Waals surface area contributed by atoms with Crippen molar-refractivity contribution in [3.05, 3.63) is 59.9 Å². The number of nitrogens with zero attached hydrogens (tertiary/aromatic N) is 2. The maximum atomic E-state index is 13.8. The van der Waals surface area contributed by atoms with Gasteiger partial charge in [0.2, 0.25) is 5.91 Å². The highest BCUT2D eigenvalue weighted by Gasteiger charge is 2.31. The summed E-state index contributed by atoms with van der Waals surface area (Å²) < 4.78 is 41.1. The van der Waals surface area contributed by atoms with Gasteiger partial charge >= 0.3 is 0 Å². The van der Waals surface area contributed by atoms with Gasteiger partial charge in [0.1, 0.15) is 5.82 Å². The van der Waals surface area contributed by atoms with E-state index in [1.54, 1.807) is 4.90 Å². The summed E-state index contributed by atoms with van der Waals surface area (Å²) in [5, 5.41) is 3.01. The zero-order valence-corrected chi connectivity index (χ0v) is 19.1. The van der Waals surface area contributed by atoms with Gasteiger partial charge in [-0.25, -0.2) is 12.8 Å². The normalized spacial score (nSPS) is 17.9. The van der Waals surface area contributed by atoms with E-state index < -0.39 is 15.8 Å². The largest absolute Gasteiger partial charge is 0.352 e. The van der Waals surface area contributed by atoms with Crippen LogP contribution in [0.1, 0.15) is 30.1 Å². The number of nitrogens with one attached hydrogen (secondary N) is 2. The molecule has 2 aromatic rings. The number of halogens is 1. The molecule has 1 aliphatic heterocycles. The minimum absolute atomic E-state index is 0.0260. The molecule has 2 amide bonds. The van der Waals surface area contributed by atoms with Gasteiger partial charge in [-0.3, -0.25) is 19.2 Å². The molecule has 33 heavy (non-hydrogen) atoms. The third-order valence-electron chi connectivity index (χ3n) is 5.98. The summed E-state index contributed by atoms with van der Waals surface area (Å²) in [4.78, 5) is 28.8. The second-order valence-electron chi connectivity index (χ2n) is 8.40. The van der Waals surface area contributed by atoms with E-state index in [-0.39, 0.29) is 28.4 Å². The molecule has 1 saturated heterocycles. The molecular formula is C23H27FN4O4S. The van der Waals surface area contributed by atoms with Gasteiger partial charge in [-0.2, -0.15) is 0 Å². The first-order valence-electron chi connectivity index (χ1n) is 11.0. The van der Waals surface area contributed by atoms with E-state index in [9.17, 15) is 22.4 Å². The minimum atomic E-state index is -3.99. The Balaban J connectivity index is 1.34. The fourth-order valence-corrected chi connectivity index (χ4v) is 4.80. The fourth-order valence-electron chi connectivity index (χ4n) is 3.73. The standard InChI is InChI=1S/C23H27FN4O4S/c1-16(22(29)25-18-8-9-18)27-12-14-28(15-13-27)23(30)17-6-10-19(11-7-17)33(31,32)26-21-5-3-2-4-20(21)24/h2-7,10-11,16,18,26H,8-9,12-15H2,1H3,(H,25,29). The predicted molar refractivity (Wildman–Crippen MR) is 122 cm³/mol. The van der Waals surface area contributed by atoms with Gasteiger partial charge in [0, 0.05) is 37.8 Å². The monoisotopic (exact) mass is 474 g/mol. The minimum Gasteiger partial charge on any atom is -0.352 e. The quantitative estimate of drug-likeness (QED) is 0.640. The van der Waals surface area contributed by atoms with Gasteiger partial charge in [0.15, 0.2) is 0 Å². The molecule has 1 unspecified atom stereocenters. The van der Waals surface area contributed by atoms with Crippen molar-refractivity contribution in [3.8, 4) is 0 Å². The Hall–Kier alpha value is -2.98. The first kappa shape index (κ1) is 23.2. The van der Waals surface area contributed by atoms with Gasteiger partial charge in [-0.1, -0.05) is 12.1 Å². The van der Waals surface area contributed by atoms with Crippen LogP contribution in [0.15, 0.2) is 53.4 Å². The Labute approximate surface area is 192 Å². The maximum absolute atomic E-state index is 13.8. The van der Waals surface area contributed by atoms with Crippen LogP contribution in [0.3, 0.4) is 0 Å². The van der Waals surface area contributed by atoms with Crippen molar-refractivity contribution in [2.24, 2.45) is 0 Å². The number of sulfonamides is 1. The van der Waals surface area contributed by atoms with Crippen LogP contribution in [0.5, 0.6) is 0 Å². The lowest BCUT2D eigenvalue weighted by Crippen LogP contribution is -2.55. The molecule has 0 spiro atoms. The fraction of sp³-hybridized carbons (Fsp3) is 0.391. The van der Waals surface area contributed by atoms with Crippen LogP contribution in [-0.2, 0) is 14.8 Å². The summed E-state index contributed by atoms with van der Waals surface area (Å²) in [5.41, 5.74) is 0.225. The Bertz CT molecular complexity index is 1130. The molecule has 2 aromatic carbocycles. The third-order valence-corrected chi connectivity index (χ3v) is 7.36. The average Bonchev–Trinajstić information content (AvgIpc) is 3.64. The van der Waals surface area contributed by atoms with Crippen molar-refractivity contribution < 1.29 is 22.4 Å². The number of carbonyl (C=O) groups excluding carboxylic acids is 2.